The predicted molar refractivity (Wildman–Crippen MR) is 185 cm³/mol. The Morgan fingerprint density at radius 2 is 1.02 bits per heavy atom. The Balaban J connectivity index is 1.33. The Hall–Kier alpha value is -3.53. The number of hydrogen-bond acceptors (Lipinski definition) is 4. The standard InChI is InChI=1S/C40H54O4/c1-3-5-7-9-10-11-12-13-15-17-31-42-37-29-25-36(26-30-37)40(41)44-38-27-23-34(24-28-38)21-22-35-19-18-20-39(33-35)43-32-16-14-8-6-4-2/h18-30,33H,3-17,31-32H2,1-2H3/b22-21+. The molecule has 0 heterocycles. The first-order valence-corrected chi connectivity index (χ1v) is 17.1. The molecule has 0 aliphatic rings. The summed E-state index contributed by atoms with van der Waals surface area (Å²) in [7, 11) is 0. The highest BCUT2D eigenvalue weighted by Gasteiger charge is 2.09. The largest absolute Gasteiger partial charge is 0.494 e. The molecule has 0 amide bonds. The maximum absolute atomic E-state index is 12.7. The maximum Gasteiger partial charge on any atom is 0.343 e. The normalized spacial score (nSPS) is 11.1. The summed E-state index contributed by atoms with van der Waals surface area (Å²) in [6, 6.07) is 22.9. The fourth-order valence-corrected chi connectivity index (χ4v) is 5.08. The van der Waals surface area contributed by atoms with Gasteiger partial charge in [0.05, 0.1) is 18.8 Å². The molecule has 0 saturated heterocycles. The molecule has 0 spiro atoms. The Kier molecular flexibility index (Phi) is 17.5. The van der Waals surface area contributed by atoms with Crippen molar-refractivity contribution in [3.63, 3.8) is 0 Å². The summed E-state index contributed by atoms with van der Waals surface area (Å²) in [6.45, 7) is 5.96. The van der Waals surface area contributed by atoms with E-state index in [1.54, 1.807) is 12.1 Å². The molecule has 3 aromatic rings. The average molecular weight is 599 g/mol. The van der Waals surface area contributed by atoms with Gasteiger partial charge in [-0.3, -0.25) is 0 Å². The van der Waals surface area contributed by atoms with E-state index < -0.39 is 0 Å². The quantitative estimate of drug-likeness (QED) is 0.0471. The molecule has 3 aromatic carbocycles. The van der Waals surface area contributed by atoms with E-state index in [0.29, 0.717) is 17.9 Å². The second-order valence-electron chi connectivity index (χ2n) is 11.7. The van der Waals surface area contributed by atoms with Crippen LogP contribution in [0, 0.1) is 0 Å². The van der Waals surface area contributed by atoms with Crippen LogP contribution in [0.3, 0.4) is 0 Å². The summed E-state index contributed by atoms with van der Waals surface area (Å²) in [6.07, 6.45) is 23.3. The van der Waals surface area contributed by atoms with Crippen molar-refractivity contribution in [2.45, 2.75) is 110 Å². The summed E-state index contributed by atoms with van der Waals surface area (Å²) in [5, 5.41) is 0. The Bertz CT molecular complexity index is 1200. The predicted octanol–water partition coefficient (Wildman–Crippen LogP) is 11.7. The van der Waals surface area contributed by atoms with Crippen LogP contribution in [0.4, 0.5) is 0 Å². The first kappa shape index (κ1) is 35.0. The molecule has 238 valence electrons. The summed E-state index contributed by atoms with van der Waals surface area (Å²) >= 11 is 0. The average Bonchev–Trinajstić information content (AvgIpc) is 3.05. The van der Waals surface area contributed by atoms with Gasteiger partial charge in [0.25, 0.3) is 0 Å². The minimum Gasteiger partial charge on any atom is -0.494 e. The Labute approximate surface area is 266 Å². The number of esters is 1. The van der Waals surface area contributed by atoms with E-state index in [9.17, 15) is 4.79 Å². The molecule has 0 aliphatic heterocycles. The van der Waals surface area contributed by atoms with E-state index in [4.69, 9.17) is 14.2 Å². The summed E-state index contributed by atoms with van der Waals surface area (Å²) in [4.78, 5) is 12.7. The van der Waals surface area contributed by atoms with Crippen molar-refractivity contribution in [2.24, 2.45) is 0 Å². The molecule has 0 unspecified atom stereocenters. The van der Waals surface area contributed by atoms with Gasteiger partial charge in [-0.15, -0.1) is 0 Å². The highest BCUT2D eigenvalue weighted by molar-refractivity contribution is 5.91. The molecule has 3 rings (SSSR count). The Morgan fingerprint density at radius 1 is 0.523 bits per heavy atom. The third-order valence-electron chi connectivity index (χ3n) is 7.79. The number of ether oxygens (including phenoxy) is 3. The lowest BCUT2D eigenvalue weighted by Crippen LogP contribution is -2.08. The highest BCUT2D eigenvalue weighted by Crippen LogP contribution is 2.20. The van der Waals surface area contributed by atoms with Gasteiger partial charge >= 0.3 is 5.97 Å². The van der Waals surface area contributed by atoms with Gasteiger partial charge in [-0.05, 0) is 72.5 Å². The molecule has 0 N–H and O–H groups in total. The van der Waals surface area contributed by atoms with Crippen LogP contribution >= 0.6 is 0 Å². The second-order valence-corrected chi connectivity index (χ2v) is 11.7. The lowest BCUT2D eigenvalue weighted by Gasteiger charge is -2.08. The van der Waals surface area contributed by atoms with Crippen molar-refractivity contribution in [1.29, 1.82) is 0 Å². The maximum atomic E-state index is 12.7. The Morgan fingerprint density at radius 3 is 1.61 bits per heavy atom. The van der Waals surface area contributed by atoms with Gasteiger partial charge < -0.3 is 14.2 Å². The van der Waals surface area contributed by atoms with Gasteiger partial charge in [0.2, 0.25) is 0 Å². The first-order chi connectivity index (χ1) is 21.7. The number of carbonyl (C=O) groups is 1. The van der Waals surface area contributed by atoms with Crippen LogP contribution in [-0.2, 0) is 0 Å². The molecule has 44 heavy (non-hydrogen) atoms. The summed E-state index contributed by atoms with van der Waals surface area (Å²) < 4.78 is 17.4. The van der Waals surface area contributed by atoms with Crippen molar-refractivity contribution in [3.05, 3.63) is 89.5 Å². The molecule has 0 atom stereocenters. The minimum absolute atomic E-state index is 0.378. The molecular weight excluding hydrogens is 544 g/mol. The molecule has 4 nitrogen and oxygen atoms in total. The molecule has 0 fully saturated rings. The number of unbranched alkanes of at least 4 members (excludes halogenated alkanes) is 13. The number of rotatable bonds is 23. The SMILES string of the molecule is CCCCCCCCCCCCOc1ccc(C(=O)Oc2ccc(/C=C/c3cccc(OCCCCCCC)c3)cc2)cc1. The van der Waals surface area contributed by atoms with Crippen LogP contribution in [0.25, 0.3) is 12.2 Å². The lowest BCUT2D eigenvalue weighted by atomic mass is 10.1. The summed E-state index contributed by atoms with van der Waals surface area (Å²) in [5.74, 6) is 1.83. The van der Waals surface area contributed by atoms with Crippen molar-refractivity contribution < 1.29 is 19.0 Å². The molecular formula is C40H54O4. The zero-order valence-electron chi connectivity index (χ0n) is 27.2. The zero-order valence-corrected chi connectivity index (χ0v) is 27.2. The first-order valence-electron chi connectivity index (χ1n) is 17.1. The molecule has 0 aromatic heterocycles. The van der Waals surface area contributed by atoms with Gasteiger partial charge in [0.1, 0.15) is 17.2 Å². The summed E-state index contributed by atoms with van der Waals surface area (Å²) in [5.41, 5.74) is 2.61. The third kappa shape index (κ3) is 14.8. The fraction of sp³-hybridized carbons (Fsp3) is 0.475. The van der Waals surface area contributed by atoms with E-state index in [1.165, 1.54) is 83.5 Å². The van der Waals surface area contributed by atoms with Crippen molar-refractivity contribution in [1.82, 2.24) is 0 Å². The number of hydrogen-bond donors (Lipinski definition) is 0. The van der Waals surface area contributed by atoms with E-state index in [-0.39, 0.29) is 5.97 Å². The van der Waals surface area contributed by atoms with Crippen molar-refractivity contribution >= 4 is 18.1 Å². The van der Waals surface area contributed by atoms with E-state index >= 15 is 0 Å². The molecule has 0 saturated carbocycles. The zero-order chi connectivity index (χ0) is 31.1. The number of carbonyl (C=O) groups excluding carboxylic acids is 1. The van der Waals surface area contributed by atoms with Gasteiger partial charge in [0, 0.05) is 0 Å². The second kappa shape index (κ2) is 22.0. The van der Waals surface area contributed by atoms with Crippen molar-refractivity contribution in [2.75, 3.05) is 13.2 Å². The van der Waals surface area contributed by atoms with Gasteiger partial charge in [-0.1, -0.05) is 134 Å². The molecule has 4 heteroatoms. The van der Waals surface area contributed by atoms with Crippen LogP contribution in [0.1, 0.15) is 132 Å². The van der Waals surface area contributed by atoms with E-state index in [2.05, 4.69) is 32.1 Å². The van der Waals surface area contributed by atoms with E-state index in [1.807, 2.05) is 54.6 Å². The number of benzene rings is 3. The molecule has 0 radical (unpaired) electrons. The highest BCUT2D eigenvalue weighted by atomic mass is 16.5. The third-order valence-corrected chi connectivity index (χ3v) is 7.79. The van der Waals surface area contributed by atoms with Crippen molar-refractivity contribution in [3.8, 4) is 17.2 Å². The monoisotopic (exact) mass is 598 g/mol. The van der Waals surface area contributed by atoms with Crippen LogP contribution in [0.2, 0.25) is 0 Å². The van der Waals surface area contributed by atoms with E-state index in [0.717, 1.165) is 42.1 Å². The van der Waals surface area contributed by atoms with Crippen LogP contribution in [0.15, 0.2) is 72.8 Å². The fourth-order valence-electron chi connectivity index (χ4n) is 5.08. The lowest BCUT2D eigenvalue weighted by molar-refractivity contribution is 0.0734. The van der Waals surface area contributed by atoms with Crippen LogP contribution in [0.5, 0.6) is 17.2 Å². The molecule has 0 bridgehead atoms. The van der Waals surface area contributed by atoms with Crippen LogP contribution in [-0.4, -0.2) is 19.2 Å². The van der Waals surface area contributed by atoms with Gasteiger partial charge in [-0.25, -0.2) is 4.79 Å². The van der Waals surface area contributed by atoms with Gasteiger partial charge in [0.15, 0.2) is 0 Å². The smallest absolute Gasteiger partial charge is 0.343 e. The van der Waals surface area contributed by atoms with Gasteiger partial charge in [-0.2, -0.15) is 0 Å². The van der Waals surface area contributed by atoms with Crippen LogP contribution < -0.4 is 14.2 Å². The topological polar surface area (TPSA) is 44.8 Å². The minimum atomic E-state index is -0.378. The molecule has 0 aliphatic carbocycles.